The fourth-order valence-electron chi connectivity index (χ4n) is 3.63. The molecule has 7 heteroatoms. The first kappa shape index (κ1) is 19.0. The monoisotopic (exact) mass is 411 g/mol. The van der Waals surface area contributed by atoms with Crippen LogP contribution >= 0.6 is 22.9 Å². The Morgan fingerprint density at radius 1 is 1.11 bits per heavy atom. The molecule has 144 valence electrons. The molecular formula is C21H22ClN5S. The van der Waals surface area contributed by atoms with E-state index in [0.717, 1.165) is 45.3 Å². The van der Waals surface area contributed by atoms with Crippen LogP contribution in [0.5, 0.6) is 0 Å². The first-order valence-corrected chi connectivity index (χ1v) is 10.7. The highest BCUT2D eigenvalue weighted by atomic mass is 35.5. The molecular weight excluding hydrogens is 390 g/mol. The van der Waals surface area contributed by atoms with Gasteiger partial charge < -0.3 is 0 Å². The minimum absolute atomic E-state index is 0.464. The summed E-state index contributed by atoms with van der Waals surface area (Å²) < 4.78 is 1.96. The molecule has 0 spiro atoms. The van der Waals surface area contributed by atoms with E-state index in [9.17, 15) is 0 Å². The zero-order chi connectivity index (χ0) is 19.8. The topological polar surface area (TPSA) is 56.0 Å². The van der Waals surface area contributed by atoms with Crippen molar-refractivity contribution >= 4 is 28.6 Å². The number of fused-ring (bicyclic) bond motifs is 1. The van der Waals surface area contributed by atoms with Crippen LogP contribution in [-0.4, -0.2) is 24.6 Å². The Bertz CT molecular complexity index is 1130. The van der Waals surface area contributed by atoms with Crippen LogP contribution in [0.4, 0.5) is 0 Å². The summed E-state index contributed by atoms with van der Waals surface area (Å²) in [7, 11) is 0. The molecule has 0 radical (unpaired) electrons. The number of nitrogens with zero attached hydrogens (tertiary/aromatic N) is 5. The van der Waals surface area contributed by atoms with E-state index in [0.29, 0.717) is 16.8 Å². The third-order valence-electron chi connectivity index (χ3n) is 5.02. The van der Waals surface area contributed by atoms with Gasteiger partial charge in [-0.25, -0.2) is 19.5 Å². The molecule has 0 atom stereocenters. The lowest BCUT2D eigenvalue weighted by atomic mass is 9.95. The van der Waals surface area contributed by atoms with Gasteiger partial charge in [-0.15, -0.1) is 11.3 Å². The van der Waals surface area contributed by atoms with Crippen molar-refractivity contribution in [3.8, 4) is 21.3 Å². The van der Waals surface area contributed by atoms with Gasteiger partial charge in [-0.1, -0.05) is 25.4 Å². The van der Waals surface area contributed by atoms with Crippen molar-refractivity contribution in [1.82, 2.24) is 24.6 Å². The molecule has 28 heavy (non-hydrogen) atoms. The van der Waals surface area contributed by atoms with Crippen molar-refractivity contribution in [3.05, 3.63) is 52.6 Å². The van der Waals surface area contributed by atoms with E-state index in [-0.39, 0.29) is 0 Å². The van der Waals surface area contributed by atoms with Crippen molar-refractivity contribution in [2.75, 3.05) is 0 Å². The standard InChI is InChI=1S/C21H22ClN5S/c1-5-14(6-2)15-10-12(3)26-27-18(13(4)25-21(15)27)19-16(22)11-17(28-19)20-23-8-7-9-24-20/h7-11,14H,5-6H2,1-4H3. The maximum atomic E-state index is 6.64. The predicted octanol–water partition coefficient (Wildman–Crippen LogP) is 6.09. The van der Waals surface area contributed by atoms with Crippen LogP contribution in [0.25, 0.3) is 26.9 Å². The summed E-state index contributed by atoms with van der Waals surface area (Å²) >= 11 is 8.21. The Hall–Kier alpha value is -2.31. The molecule has 0 aromatic carbocycles. The Kier molecular flexibility index (Phi) is 5.17. The third-order valence-corrected chi connectivity index (χ3v) is 6.57. The van der Waals surface area contributed by atoms with Gasteiger partial charge in [-0.3, -0.25) is 0 Å². The van der Waals surface area contributed by atoms with Crippen molar-refractivity contribution in [2.24, 2.45) is 0 Å². The number of thiophene rings is 1. The van der Waals surface area contributed by atoms with Crippen molar-refractivity contribution < 1.29 is 0 Å². The summed E-state index contributed by atoms with van der Waals surface area (Å²) in [6, 6.07) is 5.90. The molecule has 0 amide bonds. The maximum Gasteiger partial charge on any atom is 0.169 e. The Labute approximate surface area is 173 Å². The minimum atomic E-state index is 0.464. The lowest BCUT2D eigenvalue weighted by Crippen LogP contribution is -2.04. The van der Waals surface area contributed by atoms with E-state index in [1.54, 1.807) is 29.8 Å². The molecule has 0 fully saturated rings. The zero-order valence-electron chi connectivity index (χ0n) is 16.4. The lowest BCUT2D eigenvalue weighted by molar-refractivity contribution is 0.638. The summed E-state index contributed by atoms with van der Waals surface area (Å²) in [5.74, 6) is 1.14. The van der Waals surface area contributed by atoms with Crippen molar-refractivity contribution in [2.45, 2.75) is 46.5 Å². The quantitative estimate of drug-likeness (QED) is 0.398. The Morgan fingerprint density at radius 3 is 2.50 bits per heavy atom. The summed E-state index contributed by atoms with van der Waals surface area (Å²) in [5, 5.41) is 5.45. The smallest absolute Gasteiger partial charge is 0.169 e. The van der Waals surface area contributed by atoms with Gasteiger partial charge in [0.15, 0.2) is 11.5 Å². The van der Waals surface area contributed by atoms with E-state index in [1.165, 1.54) is 5.56 Å². The summed E-state index contributed by atoms with van der Waals surface area (Å²) in [5.41, 5.74) is 5.03. The highest BCUT2D eigenvalue weighted by molar-refractivity contribution is 7.19. The number of rotatable bonds is 5. The van der Waals surface area contributed by atoms with Gasteiger partial charge >= 0.3 is 0 Å². The second-order valence-electron chi connectivity index (χ2n) is 6.90. The zero-order valence-corrected chi connectivity index (χ0v) is 18.0. The van der Waals surface area contributed by atoms with Crippen LogP contribution in [0.2, 0.25) is 5.02 Å². The largest absolute Gasteiger partial charge is 0.236 e. The molecule has 0 unspecified atom stereocenters. The molecule has 0 aliphatic carbocycles. The normalized spacial score (nSPS) is 11.6. The van der Waals surface area contributed by atoms with Gasteiger partial charge in [0.2, 0.25) is 0 Å². The van der Waals surface area contributed by atoms with Crippen molar-refractivity contribution in [3.63, 3.8) is 0 Å². The molecule has 0 aliphatic rings. The average molecular weight is 412 g/mol. The molecule has 4 aromatic rings. The molecule has 0 saturated heterocycles. The van der Waals surface area contributed by atoms with Gasteiger partial charge in [0.05, 0.1) is 26.2 Å². The van der Waals surface area contributed by atoms with Crippen LogP contribution < -0.4 is 0 Å². The summed E-state index contributed by atoms with van der Waals surface area (Å²) in [6.07, 6.45) is 5.63. The number of aryl methyl sites for hydroxylation is 2. The molecule has 0 aliphatic heterocycles. The molecule has 4 rings (SSSR count). The molecule has 0 bridgehead atoms. The van der Waals surface area contributed by atoms with E-state index in [4.69, 9.17) is 21.7 Å². The first-order valence-electron chi connectivity index (χ1n) is 9.47. The second-order valence-corrected chi connectivity index (χ2v) is 8.36. The second kappa shape index (κ2) is 7.60. The maximum absolute atomic E-state index is 6.64. The highest BCUT2D eigenvalue weighted by Gasteiger charge is 2.23. The van der Waals surface area contributed by atoms with Crippen molar-refractivity contribution in [1.29, 1.82) is 0 Å². The van der Waals surface area contributed by atoms with Crippen LogP contribution in [-0.2, 0) is 0 Å². The highest BCUT2D eigenvalue weighted by Crippen LogP contribution is 2.42. The molecule has 0 N–H and O–H groups in total. The lowest BCUT2D eigenvalue weighted by Gasteiger charge is -2.14. The van der Waals surface area contributed by atoms with Gasteiger partial charge in [0, 0.05) is 18.0 Å². The number of hydrogen-bond acceptors (Lipinski definition) is 5. The average Bonchev–Trinajstić information content (AvgIpc) is 3.22. The van der Waals surface area contributed by atoms with E-state index < -0.39 is 0 Å². The summed E-state index contributed by atoms with van der Waals surface area (Å²) in [6.45, 7) is 8.49. The minimum Gasteiger partial charge on any atom is -0.236 e. The van der Waals surface area contributed by atoms with Gasteiger partial charge in [-0.2, -0.15) is 5.10 Å². The Balaban J connectivity index is 1.93. The Morgan fingerprint density at radius 2 is 1.82 bits per heavy atom. The van der Waals surface area contributed by atoms with Crippen LogP contribution in [0, 0.1) is 13.8 Å². The van der Waals surface area contributed by atoms with E-state index in [1.807, 2.05) is 24.4 Å². The fourth-order valence-corrected chi connectivity index (χ4v) is 5.09. The summed E-state index contributed by atoms with van der Waals surface area (Å²) in [4.78, 5) is 15.5. The van der Waals surface area contributed by atoms with E-state index in [2.05, 4.69) is 29.9 Å². The molecule has 4 heterocycles. The van der Waals surface area contributed by atoms with Crippen LogP contribution in [0.1, 0.15) is 49.6 Å². The molecule has 4 aromatic heterocycles. The van der Waals surface area contributed by atoms with E-state index >= 15 is 0 Å². The van der Waals surface area contributed by atoms with Gasteiger partial charge in [-0.05, 0) is 50.8 Å². The van der Waals surface area contributed by atoms with Crippen LogP contribution in [0.15, 0.2) is 30.6 Å². The molecule has 5 nitrogen and oxygen atoms in total. The number of hydrogen-bond donors (Lipinski definition) is 0. The van der Waals surface area contributed by atoms with Gasteiger partial charge in [0.25, 0.3) is 0 Å². The SMILES string of the molecule is CCC(CC)c1cc(C)nn2c(-c3sc(-c4ncccn4)cc3Cl)c(C)nc12. The fraction of sp³-hybridized carbons (Fsp3) is 0.333. The third kappa shape index (κ3) is 3.20. The van der Waals surface area contributed by atoms with Gasteiger partial charge in [0.1, 0.15) is 5.69 Å². The molecule has 0 saturated carbocycles. The number of aromatic nitrogens is 5. The number of imidazole rings is 1. The first-order chi connectivity index (χ1) is 13.5. The predicted molar refractivity (Wildman–Crippen MR) is 115 cm³/mol. The number of halogens is 1. The van der Waals surface area contributed by atoms with Crippen LogP contribution in [0.3, 0.4) is 0 Å².